The van der Waals surface area contributed by atoms with E-state index < -0.39 is 5.97 Å². The molecule has 0 bridgehead atoms. The van der Waals surface area contributed by atoms with Crippen LogP contribution in [0.5, 0.6) is 0 Å². The fourth-order valence-corrected chi connectivity index (χ4v) is 2.67. The first-order valence-corrected chi connectivity index (χ1v) is 8.01. The smallest absolute Gasteiger partial charge is 0.323 e. The molecule has 0 saturated heterocycles. The van der Waals surface area contributed by atoms with Gasteiger partial charge in [-0.25, -0.2) is 0 Å². The van der Waals surface area contributed by atoms with E-state index in [2.05, 4.69) is 15.9 Å². The number of methoxy groups -OCH3 is 1. The molecule has 1 rings (SSSR count). The normalized spacial score (nSPS) is 12.0. The summed E-state index contributed by atoms with van der Waals surface area (Å²) in [4.78, 5) is 24.9. The Hall–Kier alpha value is -1.40. The van der Waals surface area contributed by atoms with Gasteiger partial charge in [0.15, 0.2) is 0 Å². The zero-order valence-corrected chi connectivity index (χ0v) is 14.5. The second-order valence-corrected chi connectivity index (χ2v) is 5.90. The number of carboxylic acids is 1. The van der Waals surface area contributed by atoms with Gasteiger partial charge in [-0.3, -0.25) is 9.59 Å². The zero-order chi connectivity index (χ0) is 16.5. The fraction of sp³-hybridized carbons (Fsp3) is 0.500. The number of amides is 1. The topological polar surface area (TPSA) is 66.8 Å². The summed E-state index contributed by atoms with van der Waals surface area (Å²) in [6.07, 6.45) is 1.24. The molecule has 5 nitrogen and oxygen atoms in total. The third-order valence-electron chi connectivity index (χ3n) is 3.47. The number of hydrogen-bond donors (Lipinski definition) is 1. The Bertz CT molecular complexity index is 507. The maximum Gasteiger partial charge on any atom is 0.323 e. The molecule has 1 atom stereocenters. The van der Waals surface area contributed by atoms with Crippen LogP contribution >= 0.6 is 15.9 Å². The Morgan fingerprint density at radius 2 is 2.05 bits per heavy atom. The Morgan fingerprint density at radius 1 is 1.36 bits per heavy atom. The van der Waals surface area contributed by atoms with E-state index in [-0.39, 0.29) is 24.9 Å². The highest BCUT2D eigenvalue weighted by atomic mass is 79.9. The van der Waals surface area contributed by atoms with Crippen LogP contribution < -0.4 is 0 Å². The molecule has 0 aromatic heterocycles. The molecule has 0 heterocycles. The molecule has 0 fully saturated rings. The number of hydrogen-bond acceptors (Lipinski definition) is 3. The quantitative estimate of drug-likeness (QED) is 0.724. The number of carbonyl (C=O) groups is 2. The van der Waals surface area contributed by atoms with Gasteiger partial charge < -0.3 is 14.7 Å². The van der Waals surface area contributed by atoms with Gasteiger partial charge in [0, 0.05) is 24.0 Å². The van der Waals surface area contributed by atoms with E-state index in [0.717, 1.165) is 10.0 Å². The largest absolute Gasteiger partial charge is 0.480 e. The Labute approximate surface area is 139 Å². The average Bonchev–Trinajstić information content (AvgIpc) is 2.49. The molecule has 1 aromatic carbocycles. The minimum Gasteiger partial charge on any atom is -0.480 e. The number of benzene rings is 1. The van der Waals surface area contributed by atoms with E-state index in [1.165, 1.54) is 12.0 Å². The molecule has 0 spiro atoms. The van der Waals surface area contributed by atoms with Gasteiger partial charge in [0.05, 0.1) is 6.61 Å². The van der Waals surface area contributed by atoms with Crippen LogP contribution in [0, 0.1) is 5.92 Å². The first-order valence-electron chi connectivity index (χ1n) is 7.22. The van der Waals surface area contributed by atoms with Crippen LogP contribution in [0.2, 0.25) is 0 Å². The van der Waals surface area contributed by atoms with Crippen LogP contribution in [0.1, 0.15) is 18.9 Å². The van der Waals surface area contributed by atoms with E-state index in [9.17, 15) is 9.59 Å². The molecule has 1 unspecified atom stereocenters. The van der Waals surface area contributed by atoms with Gasteiger partial charge >= 0.3 is 5.97 Å². The average molecular weight is 372 g/mol. The van der Waals surface area contributed by atoms with Crippen LogP contribution in [0.25, 0.3) is 0 Å². The van der Waals surface area contributed by atoms with Gasteiger partial charge in [0.1, 0.15) is 6.54 Å². The van der Waals surface area contributed by atoms with E-state index in [0.29, 0.717) is 19.4 Å². The minimum atomic E-state index is -1.01. The van der Waals surface area contributed by atoms with Crippen molar-refractivity contribution in [1.29, 1.82) is 0 Å². The maximum atomic E-state index is 12.6. The molecule has 1 N–H and O–H groups in total. The number of aliphatic carboxylic acids is 1. The summed E-state index contributed by atoms with van der Waals surface area (Å²) in [5.41, 5.74) is 1.05. The first-order chi connectivity index (χ1) is 10.5. The Kier molecular flexibility index (Phi) is 8.12. The molecule has 1 aromatic rings. The van der Waals surface area contributed by atoms with Crippen LogP contribution in [-0.2, 0) is 20.7 Å². The number of halogens is 1. The van der Waals surface area contributed by atoms with Crippen molar-refractivity contribution in [3.8, 4) is 0 Å². The van der Waals surface area contributed by atoms with Gasteiger partial charge in [-0.05, 0) is 24.5 Å². The second-order valence-electron chi connectivity index (χ2n) is 5.05. The lowest BCUT2D eigenvalue weighted by Crippen LogP contribution is -2.42. The van der Waals surface area contributed by atoms with Gasteiger partial charge in [-0.2, -0.15) is 0 Å². The van der Waals surface area contributed by atoms with Crippen LogP contribution in [0.15, 0.2) is 28.7 Å². The molecule has 0 aliphatic carbocycles. The molecular weight excluding hydrogens is 350 g/mol. The van der Waals surface area contributed by atoms with E-state index in [1.807, 2.05) is 31.2 Å². The van der Waals surface area contributed by atoms with Gasteiger partial charge in [-0.1, -0.05) is 41.1 Å². The lowest BCUT2D eigenvalue weighted by atomic mass is 9.95. The molecule has 122 valence electrons. The third kappa shape index (κ3) is 5.77. The molecule has 0 aliphatic rings. The number of nitrogens with zero attached hydrogens (tertiary/aromatic N) is 1. The lowest BCUT2D eigenvalue weighted by Gasteiger charge is -2.25. The van der Waals surface area contributed by atoms with Crippen molar-refractivity contribution in [2.75, 3.05) is 26.8 Å². The Balaban J connectivity index is 2.83. The number of rotatable bonds is 9. The van der Waals surface area contributed by atoms with E-state index >= 15 is 0 Å². The van der Waals surface area contributed by atoms with Crippen molar-refractivity contribution >= 4 is 27.8 Å². The molecule has 0 aliphatic heterocycles. The van der Waals surface area contributed by atoms with Crippen molar-refractivity contribution in [3.05, 3.63) is 34.3 Å². The summed E-state index contributed by atoms with van der Waals surface area (Å²) in [6.45, 7) is 2.25. The molecule has 0 saturated carbocycles. The summed E-state index contributed by atoms with van der Waals surface area (Å²) in [6, 6.07) is 7.76. The van der Waals surface area contributed by atoms with Gasteiger partial charge in [0.2, 0.25) is 5.91 Å². The molecule has 6 heteroatoms. The number of carbonyl (C=O) groups excluding carboxylic acids is 1. The van der Waals surface area contributed by atoms with Crippen LogP contribution in [0.4, 0.5) is 0 Å². The van der Waals surface area contributed by atoms with Crippen LogP contribution in [-0.4, -0.2) is 48.7 Å². The van der Waals surface area contributed by atoms with Crippen molar-refractivity contribution in [1.82, 2.24) is 4.90 Å². The molecular formula is C16H22BrNO4. The second kappa shape index (κ2) is 9.58. The monoisotopic (exact) mass is 371 g/mol. The summed E-state index contributed by atoms with van der Waals surface area (Å²) in [7, 11) is 1.53. The third-order valence-corrected chi connectivity index (χ3v) is 4.24. The summed E-state index contributed by atoms with van der Waals surface area (Å²) in [5, 5.41) is 8.98. The summed E-state index contributed by atoms with van der Waals surface area (Å²) < 4.78 is 5.92. The zero-order valence-electron chi connectivity index (χ0n) is 12.9. The first kappa shape index (κ1) is 18.6. The summed E-state index contributed by atoms with van der Waals surface area (Å²) >= 11 is 3.48. The molecule has 0 radical (unpaired) electrons. The van der Waals surface area contributed by atoms with Crippen molar-refractivity contribution in [2.24, 2.45) is 5.92 Å². The van der Waals surface area contributed by atoms with Crippen molar-refractivity contribution < 1.29 is 19.4 Å². The van der Waals surface area contributed by atoms with Crippen molar-refractivity contribution in [3.63, 3.8) is 0 Å². The van der Waals surface area contributed by atoms with Gasteiger partial charge in [0.25, 0.3) is 0 Å². The highest BCUT2D eigenvalue weighted by molar-refractivity contribution is 9.10. The van der Waals surface area contributed by atoms with Gasteiger partial charge in [-0.15, -0.1) is 0 Å². The predicted octanol–water partition coefficient (Wildman–Crippen LogP) is 2.58. The standard InChI is InChI=1S/C16H22BrNO4/c1-3-12(10-13-6-4-5-7-14(13)17)16(21)18(8-9-22-2)11-15(19)20/h4-7,12H,3,8-11H2,1-2H3,(H,19,20). The van der Waals surface area contributed by atoms with Crippen molar-refractivity contribution in [2.45, 2.75) is 19.8 Å². The number of carboxylic acid groups (broad SMARTS) is 1. The molecule has 22 heavy (non-hydrogen) atoms. The highest BCUT2D eigenvalue weighted by Gasteiger charge is 2.25. The van der Waals surface area contributed by atoms with E-state index in [4.69, 9.17) is 9.84 Å². The highest BCUT2D eigenvalue weighted by Crippen LogP contribution is 2.22. The fourth-order valence-electron chi connectivity index (χ4n) is 2.23. The lowest BCUT2D eigenvalue weighted by molar-refractivity contribution is -0.146. The summed E-state index contributed by atoms with van der Waals surface area (Å²) in [5.74, 6) is -1.40. The Morgan fingerprint density at radius 3 is 2.59 bits per heavy atom. The predicted molar refractivity (Wildman–Crippen MR) is 87.7 cm³/mol. The SMILES string of the molecule is CCC(Cc1ccccc1Br)C(=O)N(CCOC)CC(=O)O. The maximum absolute atomic E-state index is 12.6. The molecule has 1 amide bonds. The van der Waals surface area contributed by atoms with Crippen LogP contribution in [0.3, 0.4) is 0 Å². The minimum absolute atomic E-state index is 0.141. The van der Waals surface area contributed by atoms with E-state index in [1.54, 1.807) is 0 Å². The number of ether oxygens (including phenoxy) is 1.